The summed E-state index contributed by atoms with van der Waals surface area (Å²) < 4.78 is 13.0. The summed E-state index contributed by atoms with van der Waals surface area (Å²) in [5.41, 5.74) is 4.64. The van der Waals surface area contributed by atoms with Crippen LogP contribution in [0.25, 0.3) is 10.9 Å². The van der Waals surface area contributed by atoms with Gasteiger partial charge in [0.15, 0.2) is 0 Å². The molecular weight excluding hydrogens is 518 g/mol. The summed E-state index contributed by atoms with van der Waals surface area (Å²) in [5.74, 6) is 0.576. The third-order valence-corrected chi connectivity index (χ3v) is 6.64. The molecule has 0 N–H and O–H groups in total. The third kappa shape index (κ3) is 4.07. The van der Waals surface area contributed by atoms with Crippen molar-refractivity contribution >= 4 is 44.1 Å². The molecule has 0 atom stereocenters. The van der Waals surface area contributed by atoms with Gasteiger partial charge in [-0.05, 0) is 51.3 Å². The van der Waals surface area contributed by atoms with Gasteiger partial charge >= 0.3 is 0 Å². The maximum atomic E-state index is 13.6. The summed E-state index contributed by atoms with van der Waals surface area (Å²) in [4.78, 5) is 24.4. The molecule has 0 aliphatic carbocycles. The topological polar surface area (TPSA) is 64.6 Å². The number of pyridine rings is 2. The Morgan fingerprint density at radius 3 is 2.17 bits per heavy atom. The Kier molecular flexibility index (Phi) is 5.83. The summed E-state index contributed by atoms with van der Waals surface area (Å²) in [6.07, 6.45) is 1.70. The molecule has 3 aromatic carbocycles. The van der Waals surface area contributed by atoms with Gasteiger partial charge in [-0.15, -0.1) is 0 Å². The molecule has 6 rings (SSSR count). The predicted octanol–water partition coefficient (Wildman–Crippen LogP) is 6.84. The van der Waals surface area contributed by atoms with Crippen molar-refractivity contribution in [1.82, 2.24) is 9.97 Å². The molecule has 0 saturated carbocycles. The minimum atomic E-state index is -0.153. The molecule has 0 saturated heterocycles. The number of ether oxygens (including phenoxy) is 2. The SMILES string of the molecule is O=C1c2ccc(Br)c3nccc(c23)N1c1ccc(OCc2ccccc2)nc1OCc1ccccc1. The van der Waals surface area contributed by atoms with Gasteiger partial charge in [0.25, 0.3) is 5.91 Å². The lowest BCUT2D eigenvalue weighted by atomic mass is 10.1. The molecule has 1 amide bonds. The quantitative estimate of drug-likeness (QED) is 0.227. The van der Waals surface area contributed by atoms with Crippen molar-refractivity contribution in [3.05, 3.63) is 118 Å². The predicted molar refractivity (Wildman–Crippen MR) is 142 cm³/mol. The van der Waals surface area contributed by atoms with Crippen LogP contribution in [0.1, 0.15) is 21.5 Å². The lowest BCUT2D eigenvalue weighted by molar-refractivity contribution is 0.100. The minimum Gasteiger partial charge on any atom is -0.473 e. The molecule has 0 bridgehead atoms. The van der Waals surface area contributed by atoms with Gasteiger partial charge < -0.3 is 9.47 Å². The molecule has 36 heavy (non-hydrogen) atoms. The van der Waals surface area contributed by atoms with Gasteiger partial charge in [-0.3, -0.25) is 14.7 Å². The van der Waals surface area contributed by atoms with E-state index in [2.05, 4.69) is 25.9 Å². The van der Waals surface area contributed by atoms with Crippen LogP contribution in [0.15, 0.2) is 102 Å². The first-order valence-corrected chi connectivity index (χ1v) is 12.2. The third-order valence-electron chi connectivity index (χ3n) is 6.00. The summed E-state index contributed by atoms with van der Waals surface area (Å²) in [6, 6.07) is 28.8. The van der Waals surface area contributed by atoms with Crippen molar-refractivity contribution in [3.8, 4) is 11.8 Å². The molecule has 7 heteroatoms. The summed E-state index contributed by atoms with van der Waals surface area (Å²) >= 11 is 3.55. The Bertz CT molecular complexity index is 1580. The molecule has 0 fully saturated rings. The van der Waals surface area contributed by atoms with E-state index >= 15 is 0 Å². The van der Waals surface area contributed by atoms with E-state index in [1.54, 1.807) is 17.2 Å². The van der Waals surface area contributed by atoms with E-state index in [-0.39, 0.29) is 5.91 Å². The normalized spacial score (nSPS) is 12.2. The van der Waals surface area contributed by atoms with E-state index in [1.807, 2.05) is 84.9 Å². The van der Waals surface area contributed by atoms with Crippen LogP contribution in [-0.4, -0.2) is 15.9 Å². The minimum absolute atomic E-state index is 0.153. The molecule has 5 aromatic rings. The number of carbonyl (C=O) groups is 1. The number of anilines is 2. The molecule has 1 aliphatic heterocycles. The number of amides is 1. The summed E-state index contributed by atoms with van der Waals surface area (Å²) in [6.45, 7) is 0.674. The van der Waals surface area contributed by atoms with Gasteiger partial charge in [-0.2, -0.15) is 4.98 Å². The van der Waals surface area contributed by atoms with Gasteiger partial charge in [0.2, 0.25) is 11.8 Å². The van der Waals surface area contributed by atoms with Crippen molar-refractivity contribution in [2.45, 2.75) is 13.2 Å². The average Bonchev–Trinajstić information content (AvgIpc) is 3.21. The van der Waals surface area contributed by atoms with Crippen LogP contribution >= 0.6 is 15.9 Å². The molecular formula is C29H20BrN3O3. The van der Waals surface area contributed by atoms with E-state index in [9.17, 15) is 4.79 Å². The molecule has 0 spiro atoms. The highest BCUT2D eigenvalue weighted by Crippen LogP contribution is 2.45. The second-order valence-corrected chi connectivity index (χ2v) is 9.17. The molecule has 1 aliphatic rings. The molecule has 3 heterocycles. The van der Waals surface area contributed by atoms with E-state index < -0.39 is 0 Å². The Labute approximate surface area is 216 Å². The summed E-state index contributed by atoms with van der Waals surface area (Å²) in [7, 11) is 0. The zero-order valence-corrected chi connectivity index (χ0v) is 20.7. The van der Waals surface area contributed by atoms with Crippen molar-refractivity contribution in [3.63, 3.8) is 0 Å². The largest absolute Gasteiger partial charge is 0.473 e. The Hall–Kier alpha value is -4.23. The van der Waals surface area contributed by atoms with Gasteiger partial charge in [0.05, 0.1) is 16.8 Å². The molecule has 2 aromatic heterocycles. The maximum Gasteiger partial charge on any atom is 0.263 e. The van der Waals surface area contributed by atoms with Crippen molar-refractivity contribution in [2.24, 2.45) is 0 Å². The highest BCUT2D eigenvalue weighted by molar-refractivity contribution is 9.10. The standard InChI is InChI=1S/C29H20BrN3O3/c30-22-12-11-21-26-23(15-16-31-27(22)26)33(29(21)34)24-13-14-25(35-17-19-7-3-1-4-8-19)32-28(24)36-18-20-9-5-2-6-10-20/h1-16H,17-18H2. The number of hydrogen-bond acceptors (Lipinski definition) is 5. The van der Waals surface area contributed by atoms with E-state index in [0.717, 1.165) is 32.2 Å². The zero-order valence-electron chi connectivity index (χ0n) is 19.1. The van der Waals surface area contributed by atoms with E-state index in [1.165, 1.54) is 0 Å². The van der Waals surface area contributed by atoms with Gasteiger partial charge in [0.1, 0.15) is 18.9 Å². The Morgan fingerprint density at radius 1 is 0.750 bits per heavy atom. The van der Waals surface area contributed by atoms with E-state index in [0.29, 0.717) is 36.2 Å². The highest BCUT2D eigenvalue weighted by Gasteiger charge is 2.34. The lowest BCUT2D eigenvalue weighted by Crippen LogP contribution is -2.22. The van der Waals surface area contributed by atoms with Crippen LogP contribution in [0.3, 0.4) is 0 Å². The fourth-order valence-corrected chi connectivity index (χ4v) is 4.71. The second-order valence-electron chi connectivity index (χ2n) is 8.31. The highest BCUT2D eigenvalue weighted by atomic mass is 79.9. The van der Waals surface area contributed by atoms with Crippen LogP contribution in [0.4, 0.5) is 11.4 Å². The first-order chi connectivity index (χ1) is 17.7. The fraction of sp³-hybridized carbons (Fsp3) is 0.0690. The van der Waals surface area contributed by atoms with E-state index in [4.69, 9.17) is 9.47 Å². The molecule has 6 nitrogen and oxygen atoms in total. The zero-order chi connectivity index (χ0) is 24.5. The smallest absolute Gasteiger partial charge is 0.263 e. The van der Waals surface area contributed by atoms with Crippen LogP contribution in [0.5, 0.6) is 11.8 Å². The number of halogens is 1. The summed E-state index contributed by atoms with van der Waals surface area (Å²) in [5, 5.41) is 0.801. The van der Waals surface area contributed by atoms with Crippen molar-refractivity contribution < 1.29 is 14.3 Å². The number of benzene rings is 3. The maximum absolute atomic E-state index is 13.6. The second kappa shape index (κ2) is 9.43. The Morgan fingerprint density at radius 2 is 1.44 bits per heavy atom. The van der Waals surface area contributed by atoms with Gasteiger partial charge in [0, 0.05) is 22.1 Å². The lowest BCUT2D eigenvalue weighted by Gasteiger charge is -2.21. The number of nitrogens with zero attached hydrogens (tertiary/aromatic N) is 3. The molecule has 0 radical (unpaired) electrons. The number of hydrogen-bond donors (Lipinski definition) is 0. The van der Waals surface area contributed by atoms with Crippen LogP contribution in [0.2, 0.25) is 0 Å². The van der Waals surface area contributed by atoms with Gasteiger partial charge in [-0.1, -0.05) is 60.7 Å². The number of carbonyl (C=O) groups excluding carboxylic acids is 1. The molecule has 176 valence electrons. The fourth-order valence-electron chi connectivity index (χ4n) is 4.28. The number of rotatable bonds is 7. The first kappa shape index (κ1) is 22.2. The van der Waals surface area contributed by atoms with Gasteiger partial charge in [-0.25, -0.2) is 0 Å². The van der Waals surface area contributed by atoms with Crippen molar-refractivity contribution in [2.75, 3.05) is 4.90 Å². The van der Waals surface area contributed by atoms with Crippen LogP contribution < -0.4 is 14.4 Å². The Balaban J connectivity index is 1.39. The average molecular weight is 538 g/mol. The number of aromatic nitrogens is 2. The monoisotopic (exact) mass is 537 g/mol. The van der Waals surface area contributed by atoms with Crippen LogP contribution in [0, 0.1) is 0 Å². The first-order valence-electron chi connectivity index (χ1n) is 11.5. The van der Waals surface area contributed by atoms with Crippen molar-refractivity contribution in [1.29, 1.82) is 0 Å². The molecule has 0 unspecified atom stereocenters. The van der Waals surface area contributed by atoms with Crippen LogP contribution in [-0.2, 0) is 13.2 Å².